The largest absolute Gasteiger partial charge is 0.457 e. The lowest BCUT2D eigenvalue weighted by molar-refractivity contribution is 0.0475. The van der Waals surface area contributed by atoms with E-state index in [9.17, 15) is 9.59 Å². The number of hydrogen-bond acceptors (Lipinski definition) is 5. The molecular weight excluding hydrogens is 332 g/mol. The van der Waals surface area contributed by atoms with Crippen molar-refractivity contribution in [3.63, 3.8) is 0 Å². The molecule has 2 aromatic heterocycles. The van der Waals surface area contributed by atoms with Gasteiger partial charge in [0.15, 0.2) is 5.65 Å². The summed E-state index contributed by atoms with van der Waals surface area (Å²) < 4.78 is 7.04. The summed E-state index contributed by atoms with van der Waals surface area (Å²) in [6.07, 6.45) is 3.33. The quantitative estimate of drug-likeness (QED) is 0.700. The Balaban J connectivity index is 1.63. The van der Waals surface area contributed by atoms with E-state index in [4.69, 9.17) is 4.74 Å². The maximum atomic E-state index is 12.5. The average Bonchev–Trinajstić information content (AvgIpc) is 3.11. The van der Waals surface area contributed by atoms with Crippen molar-refractivity contribution in [2.75, 3.05) is 13.1 Å². The summed E-state index contributed by atoms with van der Waals surface area (Å²) in [7, 11) is 0. The first-order chi connectivity index (χ1) is 12.7. The zero-order chi connectivity index (χ0) is 17.9. The van der Waals surface area contributed by atoms with Gasteiger partial charge in [-0.2, -0.15) is 5.10 Å². The number of rotatable bonds is 4. The van der Waals surface area contributed by atoms with Crippen molar-refractivity contribution in [1.29, 1.82) is 0 Å². The fraction of sp³-hybridized carbons (Fsp3) is 0.316. The summed E-state index contributed by atoms with van der Waals surface area (Å²) in [5.74, 6) is -0.254. The van der Waals surface area contributed by atoms with Gasteiger partial charge >= 0.3 is 5.97 Å². The molecule has 3 aromatic rings. The van der Waals surface area contributed by atoms with Crippen molar-refractivity contribution in [3.8, 4) is 0 Å². The van der Waals surface area contributed by atoms with Gasteiger partial charge in [-0.15, -0.1) is 0 Å². The topological polar surface area (TPSA) is 88.5 Å². The molecule has 0 radical (unpaired) electrons. The van der Waals surface area contributed by atoms with Gasteiger partial charge < -0.3 is 15.0 Å². The molecule has 134 valence electrons. The summed E-state index contributed by atoms with van der Waals surface area (Å²) in [5, 5.41) is 7.65. The fourth-order valence-electron chi connectivity index (χ4n) is 3.37. The van der Waals surface area contributed by atoms with Crippen molar-refractivity contribution < 1.29 is 9.53 Å². The zero-order valence-electron chi connectivity index (χ0n) is 14.3. The van der Waals surface area contributed by atoms with Crippen LogP contribution in [0.2, 0.25) is 0 Å². The van der Waals surface area contributed by atoms with Crippen molar-refractivity contribution in [2.45, 2.75) is 25.4 Å². The Kier molecular flexibility index (Phi) is 4.53. The van der Waals surface area contributed by atoms with Crippen LogP contribution in [0.4, 0.5) is 0 Å². The van der Waals surface area contributed by atoms with Gasteiger partial charge in [-0.05, 0) is 31.5 Å². The van der Waals surface area contributed by atoms with Crippen LogP contribution in [0.15, 0.2) is 47.4 Å². The Hall–Kier alpha value is -2.93. The minimum atomic E-state index is -0.498. The zero-order valence-corrected chi connectivity index (χ0v) is 14.3. The number of nitrogens with zero attached hydrogens (tertiary/aromatic N) is 2. The summed E-state index contributed by atoms with van der Waals surface area (Å²) in [5.41, 5.74) is 2.18. The molecule has 0 atom stereocenters. The number of fused-ring (bicyclic) bond motifs is 1. The van der Waals surface area contributed by atoms with E-state index in [0.29, 0.717) is 5.65 Å². The first-order valence-electron chi connectivity index (χ1n) is 8.75. The Morgan fingerprint density at radius 1 is 1.23 bits per heavy atom. The Bertz CT molecular complexity index is 971. The highest BCUT2D eigenvalue weighted by molar-refractivity contribution is 5.95. The molecule has 0 aliphatic carbocycles. The lowest BCUT2D eigenvalue weighted by Crippen LogP contribution is -2.28. The van der Waals surface area contributed by atoms with Crippen LogP contribution in [0, 0.1) is 0 Å². The first-order valence-corrected chi connectivity index (χ1v) is 8.75. The highest BCUT2D eigenvalue weighted by Gasteiger charge is 2.22. The summed E-state index contributed by atoms with van der Waals surface area (Å²) in [4.78, 5) is 27.3. The standard InChI is InChI=1S/C19H20N4O3/c24-17-10-16(14-6-8-20-9-7-14)23-18(22-17)15(11-21-23)19(25)26-12-13-4-2-1-3-5-13/h1-5,10-11,14,20H,6-9,12H2,(H,22,24). The number of H-pyrrole nitrogens is 1. The van der Waals surface area contributed by atoms with E-state index >= 15 is 0 Å². The van der Waals surface area contributed by atoms with Crippen molar-refractivity contribution in [3.05, 3.63) is 69.8 Å². The third kappa shape index (κ3) is 3.25. The molecule has 4 rings (SSSR count). The Labute approximate surface area is 150 Å². The number of nitrogens with one attached hydrogen (secondary N) is 2. The average molecular weight is 352 g/mol. The van der Waals surface area contributed by atoms with Gasteiger partial charge in [-0.1, -0.05) is 30.3 Å². The van der Waals surface area contributed by atoms with Crippen LogP contribution in [-0.4, -0.2) is 33.7 Å². The molecule has 1 aliphatic heterocycles. The molecule has 3 heterocycles. The lowest BCUT2D eigenvalue weighted by atomic mass is 9.94. The number of esters is 1. The van der Waals surface area contributed by atoms with Crippen LogP contribution < -0.4 is 10.9 Å². The first kappa shape index (κ1) is 16.5. The molecule has 0 amide bonds. The Morgan fingerprint density at radius 2 is 2.00 bits per heavy atom. The third-order valence-corrected chi connectivity index (χ3v) is 4.72. The van der Waals surface area contributed by atoms with Crippen LogP contribution in [0.5, 0.6) is 0 Å². The molecule has 1 aliphatic rings. The van der Waals surface area contributed by atoms with Gasteiger partial charge in [-0.25, -0.2) is 9.31 Å². The molecule has 7 nitrogen and oxygen atoms in total. The second-order valence-electron chi connectivity index (χ2n) is 6.46. The number of benzene rings is 1. The second kappa shape index (κ2) is 7.13. The number of carbonyl (C=O) groups excluding carboxylic acids is 1. The molecule has 7 heteroatoms. The van der Waals surface area contributed by atoms with Gasteiger partial charge in [0.1, 0.15) is 12.2 Å². The number of aromatic amines is 1. The third-order valence-electron chi connectivity index (χ3n) is 4.72. The van der Waals surface area contributed by atoms with Gasteiger partial charge in [0.2, 0.25) is 0 Å². The highest BCUT2D eigenvalue weighted by atomic mass is 16.5. The fourth-order valence-corrected chi connectivity index (χ4v) is 3.37. The molecule has 1 saturated heterocycles. The molecule has 1 aromatic carbocycles. The minimum absolute atomic E-state index is 0.176. The van der Waals surface area contributed by atoms with E-state index in [1.54, 1.807) is 10.6 Å². The number of hydrogen-bond donors (Lipinski definition) is 2. The number of piperidine rings is 1. The second-order valence-corrected chi connectivity index (χ2v) is 6.46. The predicted octanol–water partition coefficient (Wildman–Crippen LogP) is 1.85. The van der Waals surface area contributed by atoms with Gasteiger partial charge in [0.05, 0.1) is 11.9 Å². The van der Waals surface area contributed by atoms with Crippen LogP contribution in [-0.2, 0) is 11.3 Å². The van der Waals surface area contributed by atoms with E-state index in [-0.39, 0.29) is 23.6 Å². The van der Waals surface area contributed by atoms with Crippen molar-refractivity contribution in [2.24, 2.45) is 0 Å². The SMILES string of the molecule is O=C(OCc1ccccc1)c1cnn2c(C3CCNCC3)cc(=O)[nH]c12. The van der Waals surface area contributed by atoms with Crippen LogP contribution in [0.25, 0.3) is 5.65 Å². The van der Waals surface area contributed by atoms with Crippen LogP contribution in [0.3, 0.4) is 0 Å². The van der Waals surface area contributed by atoms with Gasteiger partial charge in [0.25, 0.3) is 5.56 Å². The van der Waals surface area contributed by atoms with E-state index in [1.807, 2.05) is 30.3 Å². The van der Waals surface area contributed by atoms with Crippen LogP contribution in [0.1, 0.15) is 40.4 Å². The van der Waals surface area contributed by atoms with E-state index in [2.05, 4.69) is 15.4 Å². The molecule has 0 spiro atoms. The normalized spacial score (nSPS) is 15.2. The summed E-state index contributed by atoms with van der Waals surface area (Å²) in [6, 6.07) is 11.0. The van der Waals surface area contributed by atoms with E-state index < -0.39 is 5.97 Å². The lowest BCUT2D eigenvalue weighted by Gasteiger charge is -2.23. The van der Waals surface area contributed by atoms with Gasteiger partial charge in [-0.3, -0.25) is 4.79 Å². The monoisotopic (exact) mass is 352 g/mol. The van der Waals surface area contributed by atoms with E-state index in [0.717, 1.165) is 37.2 Å². The maximum absolute atomic E-state index is 12.5. The van der Waals surface area contributed by atoms with E-state index in [1.165, 1.54) is 6.20 Å². The minimum Gasteiger partial charge on any atom is -0.457 e. The van der Waals surface area contributed by atoms with Gasteiger partial charge in [0, 0.05) is 12.0 Å². The molecule has 2 N–H and O–H groups in total. The molecule has 1 fully saturated rings. The summed E-state index contributed by atoms with van der Waals surface area (Å²) in [6.45, 7) is 1.99. The molecule has 0 unspecified atom stereocenters. The smallest absolute Gasteiger partial charge is 0.343 e. The molecule has 0 bridgehead atoms. The van der Waals surface area contributed by atoms with Crippen LogP contribution >= 0.6 is 0 Å². The summed E-state index contributed by atoms with van der Waals surface area (Å²) >= 11 is 0. The Morgan fingerprint density at radius 3 is 2.77 bits per heavy atom. The molecular formula is C19H20N4O3. The van der Waals surface area contributed by atoms with Crippen molar-refractivity contribution >= 4 is 11.6 Å². The maximum Gasteiger partial charge on any atom is 0.343 e. The number of aromatic nitrogens is 3. The number of ether oxygens (including phenoxy) is 1. The van der Waals surface area contributed by atoms with Crippen molar-refractivity contribution in [1.82, 2.24) is 19.9 Å². The number of carbonyl (C=O) groups is 1. The molecule has 0 saturated carbocycles. The highest BCUT2D eigenvalue weighted by Crippen LogP contribution is 2.25. The predicted molar refractivity (Wildman–Crippen MR) is 96.2 cm³/mol. The molecule has 26 heavy (non-hydrogen) atoms.